The lowest BCUT2D eigenvalue weighted by molar-refractivity contribution is 0.00564. The molecule has 0 radical (unpaired) electrons. The van der Waals surface area contributed by atoms with Gasteiger partial charge in [0.05, 0.1) is 12.7 Å². The van der Waals surface area contributed by atoms with E-state index in [2.05, 4.69) is 13.8 Å². The molecule has 1 fully saturated rings. The van der Waals surface area contributed by atoms with E-state index in [1.165, 1.54) is 25.7 Å². The van der Waals surface area contributed by atoms with E-state index in [4.69, 9.17) is 4.74 Å². The number of hydrogen-bond donors (Lipinski definition) is 1. The fraction of sp³-hybridized carbons (Fsp3) is 1.00. The minimum atomic E-state index is -0.242. The molecular formula is C12H24O2. The Labute approximate surface area is 87.7 Å². The third kappa shape index (κ3) is 3.25. The lowest BCUT2D eigenvalue weighted by Gasteiger charge is -2.33. The largest absolute Gasteiger partial charge is 0.390 e. The van der Waals surface area contributed by atoms with Crippen LogP contribution in [0.1, 0.15) is 39.5 Å². The van der Waals surface area contributed by atoms with Crippen LogP contribution in [0.15, 0.2) is 0 Å². The van der Waals surface area contributed by atoms with Crippen molar-refractivity contribution in [1.82, 2.24) is 0 Å². The van der Waals surface area contributed by atoms with E-state index < -0.39 is 0 Å². The van der Waals surface area contributed by atoms with E-state index in [0.29, 0.717) is 12.5 Å². The Bertz CT molecular complexity index is 148. The second-order valence-electron chi connectivity index (χ2n) is 4.94. The molecule has 1 atom stereocenters. The highest BCUT2D eigenvalue weighted by Gasteiger charge is 2.27. The van der Waals surface area contributed by atoms with Gasteiger partial charge in [0.2, 0.25) is 0 Å². The fourth-order valence-corrected chi connectivity index (χ4v) is 2.50. The summed E-state index contributed by atoms with van der Waals surface area (Å²) in [6.45, 7) is 5.10. The standard InChI is InChI=1S/C12H24O2/c1-9(2)10-4-6-11(7-5-10)12(13)8-14-3/h9-13H,4-8H2,1-3H3. The quantitative estimate of drug-likeness (QED) is 0.755. The molecule has 1 aliphatic rings. The van der Waals surface area contributed by atoms with Crippen LogP contribution in [0, 0.1) is 17.8 Å². The predicted molar refractivity (Wildman–Crippen MR) is 58.2 cm³/mol. The van der Waals surface area contributed by atoms with Gasteiger partial charge in [-0.1, -0.05) is 13.8 Å². The lowest BCUT2D eigenvalue weighted by atomic mass is 9.75. The third-order valence-corrected chi connectivity index (χ3v) is 3.64. The summed E-state index contributed by atoms with van der Waals surface area (Å²) in [6.07, 6.45) is 4.67. The minimum absolute atomic E-state index is 0.242. The van der Waals surface area contributed by atoms with Crippen molar-refractivity contribution in [2.24, 2.45) is 17.8 Å². The smallest absolute Gasteiger partial charge is 0.0801 e. The number of aliphatic hydroxyl groups excluding tert-OH is 1. The zero-order valence-corrected chi connectivity index (χ0v) is 9.70. The van der Waals surface area contributed by atoms with Gasteiger partial charge in [-0.25, -0.2) is 0 Å². The zero-order chi connectivity index (χ0) is 10.6. The molecule has 0 aromatic rings. The minimum Gasteiger partial charge on any atom is -0.390 e. The third-order valence-electron chi connectivity index (χ3n) is 3.64. The molecule has 2 heteroatoms. The first-order valence-corrected chi connectivity index (χ1v) is 5.82. The van der Waals surface area contributed by atoms with Gasteiger partial charge in [-0.2, -0.15) is 0 Å². The van der Waals surface area contributed by atoms with E-state index in [1.54, 1.807) is 7.11 Å². The molecule has 0 aromatic carbocycles. The van der Waals surface area contributed by atoms with Crippen molar-refractivity contribution < 1.29 is 9.84 Å². The van der Waals surface area contributed by atoms with Crippen LogP contribution in [0.2, 0.25) is 0 Å². The first-order valence-electron chi connectivity index (χ1n) is 5.82. The summed E-state index contributed by atoms with van der Waals surface area (Å²) in [5, 5.41) is 9.77. The van der Waals surface area contributed by atoms with Crippen molar-refractivity contribution in [2.45, 2.75) is 45.6 Å². The molecule has 0 bridgehead atoms. The molecule has 0 spiro atoms. The van der Waals surface area contributed by atoms with Gasteiger partial charge in [-0.3, -0.25) is 0 Å². The van der Waals surface area contributed by atoms with Crippen LogP contribution in [-0.4, -0.2) is 24.9 Å². The molecule has 1 rings (SSSR count). The molecule has 2 nitrogen and oxygen atoms in total. The molecule has 0 aliphatic heterocycles. The van der Waals surface area contributed by atoms with Crippen LogP contribution in [0.4, 0.5) is 0 Å². The number of aliphatic hydroxyl groups is 1. The fourth-order valence-electron chi connectivity index (χ4n) is 2.50. The molecule has 0 heterocycles. The van der Waals surface area contributed by atoms with Crippen LogP contribution in [-0.2, 0) is 4.74 Å². The predicted octanol–water partition coefficient (Wildman–Crippen LogP) is 2.46. The van der Waals surface area contributed by atoms with Gasteiger partial charge in [-0.05, 0) is 43.4 Å². The summed E-state index contributed by atoms with van der Waals surface area (Å²) < 4.78 is 4.98. The van der Waals surface area contributed by atoms with Crippen molar-refractivity contribution in [3.8, 4) is 0 Å². The van der Waals surface area contributed by atoms with Crippen molar-refractivity contribution in [3.63, 3.8) is 0 Å². The maximum absolute atomic E-state index is 9.77. The first-order chi connectivity index (χ1) is 6.65. The molecule has 0 saturated heterocycles. The summed E-state index contributed by atoms with van der Waals surface area (Å²) in [6, 6.07) is 0. The van der Waals surface area contributed by atoms with E-state index in [1.807, 2.05) is 0 Å². The summed E-state index contributed by atoms with van der Waals surface area (Å²) in [5.41, 5.74) is 0. The number of ether oxygens (including phenoxy) is 1. The van der Waals surface area contributed by atoms with Gasteiger partial charge in [0, 0.05) is 7.11 Å². The second kappa shape index (κ2) is 5.72. The Kier molecular flexibility index (Phi) is 4.90. The maximum atomic E-state index is 9.77. The Balaban J connectivity index is 2.28. The molecular weight excluding hydrogens is 176 g/mol. The van der Waals surface area contributed by atoms with Gasteiger partial charge < -0.3 is 9.84 Å². The van der Waals surface area contributed by atoms with Crippen LogP contribution in [0.25, 0.3) is 0 Å². The lowest BCUT2D eigenvalue weighted by Crippen LogP contribution is -2.30. The summed E-state index contributed by atoms with van der Waals surface area (Å²) in [5.74, 6) is 2.15. The molecule has 0 amide bonds. The van der Waals surface area contributed by atoms with Crippen LogP contribution in [0.5, 0.6) is 0 Å². The molecule has 1 N–H and O–H groups in total. The topological polar surface area (TPSA) is 29.5 Å². The Hall–Kier alpha value is -0.0800. The SMILES string of the molecule is COCC(O)C1CCC(C(C)C)CC1. The number of rotatable bonds is 4. The highest BCUT2D eigenvalue weighted by Crippen LogP contribution is 2.34. The van der Waals surface area contributed by atoms with Gasteiger partial charge in [0.15, 0.2) is 0 Å². The van der Waals surface area contributed by atoms with E-state index in [-0.39, 0.29) is 6.10 Å². The van der Waals surface area contributed by atoms with Crippen LogP contribution < -0.4 is 0 Å². The van der Waals surface area contributed by atoms with Crippen LogP contribution >= 0.6 is 0 Å². The summed E-state index contributed by atoms with van der Waals surface area (Å²) >= 11 is 0. The number of hydrogen-bond acceptors (Lipinski definition) is 2. The Morgan fingerprint density at radius 3 is 2.07 bits per heavy atom. The van der Waals surface area contributed by atoms with Crippen molar-refractivity contribution >= 4 is 0 Å². The second-order valence-corrected chi connectivity index (χ2v) is 4.94. The van der Waals surface area contributed by atoms with Gasteiger partial charge in [0.1, 0.15) is 0 Å². The summed E-state index contributed by atoms with van der Waals surface area (Å²) in [7, 11) is 1.66. The maximum Gasteiger partial charge on any atom is 0.0801 e. The molecule has 84 valence electrons. The molecule has 14 heavy (non-hydrogen) atoms. The van der Waals surface area contributed by atoms with E-state index in [9.17, 15) is 5.11 Å². The Morgan fingerprint density at radius 1 is 1.14 bits per heavy atom. The van der Waals surface area contributed by atoms with Gasteiger partial charge >= 0.3 is 0 Å². The normalized spacial score (nSPS) is 30.6. The number of methoxy groups -OCH3 is 1. The first kappa shape index (κ1) is 12.0. The van der Waals surface area contributed by atoms with Crippen molar-refractivity contribution in [2.75, 3.05) is 13.7 Å². The van der Waals surface area contributed by atoms with Gasteiger partial charge in [0.25, 0.3) is 0 Å². The highest BCUT2D eigenvalue weighted by atomic mass is 16.5. The van der Waals surface area contributed by atoms with E-state index >= 15 is 0 Å². The molecule has 0 aromatic heterocycles. The zero-order valence-electron chi connectivity index (χ0n) is 9.70. The molecule has 1 aliphatic carbocycles. The Morgan fingerprint density at radius 2 is 1.64 bits per heavy atom. The average Bonchev–Trinajstić information content (AvgIpc) is 2.18. The summed E-state index contributed by atoms with van der Waals surface area (Å²) in [4.78, 5) is 0. The molecule has 1 unspecified atom stereocenters. The highest BCUT2D eigenvalue weighted by molar-refractivity contribution is 4.78. The molecule has 1 saturated carbocycles. The average molecular weight is 200 g/mol. The van der Waals surface area contributed by atoms with E-state index in [0.717, 1.165) is 11.8 Å². The van der Waals surface area contributed by atoms with Gasteiger partial charge in [-0.15, -0.1) is 0 Å². The monoisotopic (exact) mass is 200 g/mol. The van der Waals surface area contributed by atoms with Crippen molar-refractivity contribution in [1.29, 1.82) is 0 Å². The van der Waals surface area contributed by atoms with Crippen LogP contribution in [0.3, 0.4) is 0 Å². The van der Waals surface area contributed by atoms with Crippen molar-refractivity contribution in [3.05, 3.63) is 0 Å².